The van der Waals surface area contributed by atoms with Gasteiger partial charge in [-0.15, -0.1) is 22.7 Å². The maximum absolute atomic E-state index is 13.0. The summed E-state index contributed by atoms with van der Waals surface area (Å²) in [5.41, 5.74) is 1.43. The molecule has 4 bridgehead atoms. The van der Waals surface area contributed by atoms with Crippen molar-refractivity contribution in [2.24, 2.45) is 17.8 Å². The van der Waals surface area contributed by atoms with Crippen molar-refractivity contribution in [3.8, 4) is 0 Å². The lowest BCUT2D eigenvalue weighted by molar-refractivity contribution is -0.00697. The number of benzene rings is 1. The molecule has 2 aromatic heterocycles. The molecule has 0 amide bonds. The average Bonchev–Trinajstić information content (AvgIpc) is 3.27. The van der Waals surface area contributed by atoms with Crippen molar-refractivity contribution in [3.05, 3.63) is 46.4 Å². The van der Waals surface area contributed by atoms with Gasteiger partial charge < -0.3 is 0 Å². The van der Waals surface area contributed by atoms with E-state index in [0.717, 1.165) is 32.8 Å². The molecule has 0 unspecified atom stereocenters. The van der Waals surface area contributed by atoms with E-state index in [1.807, 2.05) is 30.3 Å². The van der Waals surface area contributed by atoms with E-state index in [9.17, 15) is 8.42 Å². The third kappa shape index (κ3) is 2.79. The molecule has 0 spiro atoms. The smallest absolute Gasteiger partial charge is 0.194 e. The minimum atomic E-state index is -3.35. The Morgan fingerprint density at radius 3 is 2.39 bits per heavy atom. The number of rotatable bonds is 4. The van der Waals surface area contributed by atoms with E-state index in [1.54, 1.807) is 11.3 Å². The molecule has 3 aromatic rings. The van der Waals surface area contributed by atoms with Crippen molar-refractivity contribution < 1.29 is 8.42 Å². The second-order valence-electron chi connectivity index (χ2n) is 9.19. The molecule has 1 aromatic carbocycles. The molecule has 0 aliphatic heterocycles. The van der Waals surface area contributed by atoms with Gasteiger partial charge in [0.1, 0.15) is 15.0 Å². The summed E-state index contributed by atoms with van der Waals surface area (Å²) in [7, 11) is -3.35. The summed E-state index contributed by atoms with van der Waals surface area (Å²) in [4.78, 5) is 4.91. The first-order chi connectivity index (χ1) is 13.5. The first-order valence-corrected chi connectivity index (χ1v) is 13.5. The first-order valence-electron chi connectivity index (χ1n) is 10.2. The summed E-state index contributed by atoms with van der Waals surface area (Å²) in [5, 5.41) is 3.92. The van der Waals surface area contributed by atoms with Gasteiger partial charge in [-0.1, -0.05) is 18.2 Å². The highest BCUT2D eigenvalue weighted by Gasteiger charge is 2.52. The molecule has 4 aliphatic rings. The SMILES string of the molecule is O=S(=O)(Cc1nc(C23CC4CC(CC(C4)C2)C3)cs1)c1cc2ccccc2s1. The number of hydrogen-bond donors (Lipinski definition) is 0. The van der Waals surface area contributed by atoms with Crippen LogP contribution in [0.4, 0.5) is 0 Å². The van der Waals surface area contributed by atoms with Gasteiger partial charge in [-0.25, -0.2) is 13.4 Å². The van der Waals surface area contributed by atoms with Crippen LogP contribution in [0.15, 0.2) is 39.9 Å². The quantitative estimate of drug-likeness (QED) is 0.526. The van der Waals surface area contributed by atoms with Gasteiger partial charge >= 0.3 is 0 Å². The van der Waals surface area contributed by atoms with Crippen LogP contribution in [0.3, 0.4) is 0 Å². The van der Waals surface area contributed by atoms with Crippen molar-refractivity contribution in [3.63, 3.8) is 0 Å². The molecular formula is C22H23NO2S3. The van der Waals surface area contributed by atoms with Crippen LogP contribution in [-0.2, 0) is 21.0 Å². The molecular weight excluding hydrogens is 406 g/mol. The summed E-state index contributed by atoms with van der Waals surface area (Å²) in [6.07, 6.45) is 8.05. The summed E-state index contributed by atoms with van der Waals surface area (Å²) in [6, 6.07) is 9.66. The van der Waals surface area contributed by atoms with Gasteiger partial charge in [-0.2, -0.15) is 0 Å². The van der Waals surface area contributed by atoms with Crippen LogP contribution in [0, 0.1) is 17.8 Å². The van der Waals surface area contributed by atoms with Gasteiger partial charge in [0.2, 0.25) is 0 Å². The first kappa shape index (κ1) is 17.6. The number of aromatic nitrogens is 1. The lowest BCUT2D eigenvalue weighted by Gasteiger charge is -2.56. The van der Waals surface area contributed by atoms with Crippen molar-refractivity contribution in [1.29, 1.82) is 0 Å². The number of nitrogens with zero attached hydrogens (tertiary/aromatic N) is 1. The summed E-state index contributed by atoms with van der Waals surface area (Å²) in [5.74, 6) is 2.65. The van der Waals surface area contributed by atoms with Crippen LogP contribution in [0.25, 0.3) is 10.1 Å². The zero-order chi connectivity index (χ0) is 18.9. The number of sulfone groups is 1. The second kappa shape index (κ2) is 6.13. The molecule has 0 N–H and O–H groups in total. The van der Waals surface area contributed by atoms with E-state index in [1.165, 1.54) is 55.6 Å². The fourth-order valence-electron chi connectivity index (χ4n) is 6.39. The fraction of sp³-hybridized carbons (Fsp3) is 0.500. The molecule has 0 atom stereocenters. The van der Waals surface area contributed by atoms with Crippen molar-refractivity contribution >= 4 is 42.6 Å². The predicted octanol–water partition coefficient (Wildman–Crippen LogP) is 5.80. The van der Waals surface area contributed by atoms with Crippen LogP contribution in [0.5, 0.6) is 0 Å². The second-order valence-corrected chi connectivity index (χ2v) is 13.4. The molecule has 7 rings (SSSR count). The molecule has 4 fully saturated rings. The van der Waals surface area contributed by atoms with Gasteiger partial charge in [0, 0.05) is 15.5 Å². The van der Waals surface area contributed by atoms with E-state index in [-0.39, 0.29) is 11.2 Å². The minimum absolute atomic E-state index is 0.0247. The standard InChI is InChI=1S/C22H23NO2S3/c24-28(25,21-8-17-3-1-2-4-18(17)27-21)13-20-23-19(12-26-20)22-9-14-5-15(10-22)7-16(6-14)11-22/h1-4,8,12,14-16H,5-7,9-11,13H2. The van der Waals surface area contributed by atoms with Gasteiger partial charge in [0.15, 0.2) is 9.84 Å². The molecule has 28 heavy (non-hydrogen) atoms. The Balaban J connectivity index is 1.29. The zero-order valence-corrected chi connectivity index (χ0v) is 18.1. The summed E-state index contributed by atoms with van der Waals surface area (Å²) < 4.78 is 27.5. The van der Waals surface area contributed by atoms with Crippen LogP contribution in [0.2, 0.25) is 0 Å². The Morgan fingerprint density at radius 1 is 1.04 bits per heavy atom. The molecule has 146 valence electrons. The van der Waals surface area contributed by atoms with E-state index in [4.69, 9.17) is 4.98 Å². The molecule has 0 saturated heterocycles. The lowest BCUT2D eigenvalue weighted by atomic mass is 9.49. The summed E-state index contributed by atoms with van der Waals surface area (Å²) in [6.45, 7) is 0. The molecule has 0 radical (unpaired) electrons. The molecule has 3 nitrogen and oxygen atoms in total. The lowest BCUT2D eigenvalue weighted by Crippen LogP contribution is -2.48. The maximum Gasteiger partial charge on any atom is 0.194 e. The predicted molar refractivity (Wildman–Crippen MR) is 115 cm³/mol. The molecule has 2 heterocycles. The highest BCUT2D eigenvalue weighted by atomic mass is 32.2. The molecule has 6 heteroatoms. The van der Waals surface area contributed by atoms with Gasteiger partial charge in [-0.05, 0) is 73.8 Å². The van der Waals surface area contributed by atoms with E-state index in [0.29, 0.717) is 4.21 Å². The van der Waals surface area contributed by atoms with Gasteiger partial charge in [-0.3, -0.25) is 0 Å². The molecule has 4 aliphatic carbocycles. The van der Waals surface area contributed by atoms with Crippen molar-refractivity contribution in [2.75, 3.05) is 0 Å². The third-order valence-electron chi connectivity index (χ3n) is 7.16. The molecule has 4 saturated carbocycles. The monoisotopic (exact) mass is 429 g/mol. The van der Waals surface area contributed by atoms with Crippen molar-refractivity contribution in [2.45, 2.75) is 53.9 Å². The summed E-state index contributed by atoms with van der Waals surface area (Å²) >= 11 is 2.91. The van der Waals surface area contributed by atoms with Crippen LogP contribution in [0.1, 0.15) is 49.2 Å². The van der Waals surface area contributed by atoms with Crippen LogP contribution < -0.4 is 0 Å². The van der Waals surface area contributed by atoms with Crippen LogP contribution >= 0.6 is 22.7 Å². The van der Waals surface area contributed by atoms with E-state index in [2.05, 4.69) is 5.38 Å². The van der Waals surface area contributed by atoms with Crippen molar-refractivity contribution in [1.82, 2.24) is 4.98 Å². The highest BCUT2D eigenvalue weighted by Crippen LogP contribution is 2.60. The van der Waals surface area contributed by atoms with Crippen LogP contribution in [-0.4, -0.2) is 13.4 Å². The maximum atomic E-state index is 13.0. The topological polar surface area (TPSA) is 47.0 Å². The highest BCUT2D eigenvalue weighted by molar-refractivity contribution is 7.93. The zero-order valence-electron chi connectivity index (χ0n) is 15.6. The fourth-order valence-corrected chi connectivity index (χ4v) is 10.4. The van der Waals surface area contributed by atoms with E-state index >= 15 is 0 Å². The Labute approximate surface area is 173 Å². The largest absolute Gasteiger partial charge is 0.245 e. The number of hydrogen-bond acceptors (Lipinski definition) is 5. The van der Waals surface area contributed by atoms with Gasteiger partial charge in [0.25, 0.3) is 0 Å². The third-order valence-corrected chi connectivity index (χ3v) is 11.5. The number of fused-ring (bicyclic) bond motifs is 1. The Kier molecular flexibility index (Phi) is 3.85. The minimum Gasteiger partial charge on any atom is -0.245 e. The van der Waals surface area contributed by atoms with E-state index < -0.39 is 9.84 Å². The Bertz CT molecular complexity index is 1090. The number of thiazole rings is 1. The normalized spacial score (nSPS) is 31.6. The number of thiophene rings is 1. The average molecular weight is 430 g/mol. The Hall–Kier alpha value is -1.24. The Morgan fingerprint density at radius 2 is 1.71 bits per heavy atom. The van der Waals surface area contributed by atoms with Gasteiger partial charge in [0.05, 0.1) is 5.69 Å².